The number of epoxide rings is 1. The highest BCUT2D eigenvalue weighted by atomic mass is 16.6. The minimum absolute atomic E-state index is 0.226. The summed E-state index contributed by atoms with van der Waals surface area (Å²) >= 11 is 0. The summed E-state index contributed by atoms with van der Waals surface area (Å²) in [7, 11) is 0. The van der Waals surface area contributed by atoms with Crippen LogP contribution in [0.25, 0.3) is 0 Å². The van der Waals surface area contributed by atoms with Crippen LogP contribution in [-0.2, 0) is 14.3 Å². The molecule has 0 amide bonds. The minimum Gasteiger partial charge on any atom is -0.479 e. The molecule has 0 aromatic carbocycles. The van der Waals surface area contributed by atoms with Crippen LogP contribution in [0.5, 0.6) is 0 Å². The number of hydrogen-bond donors (Lipinski definition) is 1. The highest BCUT2D eigenvalue weighted by Crippen LogP contribution is 2.41. The van der Waals surface area contributed by atoms with Crippen molar-refractivity contribution >= 4 is 11.8 Å². The van der Waals surface area contributed by atoms with Crippen LogP contribution < -0.4 is 0 Å². The molecule has 1 aliphatic carbocycles. The van der Waals surface area contributed by atoms with E-state index in [2.05, 4.69) is 37.7 Å². The fraction of sp³-hybridized carbons (Fsp3) is 0.647. The fourth-order valence-corrected chi connectivity index (χ4v) is 2.50. The molecule has 0 spiro atoms. The molecule has 2 atom stereocenters. The summed E-state index contributed by atoms with van der Waals surface area (Å²) in [6.07, 6.45) is 8.66. The zero-order valence-corrected chi connectivity index (χ0v) is 13.4. The number of carboxylic acids is 1. The van der Waals surface area contributed by atoms with Crippen LogP contribution in [-0.4, -0.2) is 29.6 Å². The Kier molecular flexibility index (Phi) is 6.34. The zero-order valence-electron chi connectivity index (χ0n) is 13.4. The van der Waals surface area contributed by atoms with Gasteiger partial charge in [0.05, 0.1) is 6.61 Å². The van der Waals surface area contributed by atoms with Gasteiger partial charge in [-0.1, -0.05) is 38.5 Å². The van der Waals surface area contributed by atoms with Gasteiger partial charge >= 0.3 is 5.97 Å². The molecule has 21 heavy (non-hydrogen) atoms. The molecule has 1 aliphatic heterocycles. The maximum absolute atomic E-state index is 11.3. The van der Waals surface area contributed by atoms with E-state index in [-0.39, 0.29) is 5.78 Å². The van der Waals surface area contributed by atoms with Gasteiger partial charge in [0.25, 0.3) is 0 Å². The smallest absolute Gasteiger partial charge is 0.335 e. The largest absolute Gasteiger partial charge is 0.479 e. The number of carbonyl (C=O) groups excluding carboxylic acids is 1. The van der Waals surface area contributed by atoms with Crippen molar-refractivity contribution in [3.63, 3.8) is 0 Å². The number of carboxylic acid groups (broad SMARTS) is 1. The van der Waals surface area contributed by atoms with Crippen LogP contribution in [0, 0.1) is 11.3 Å². The molecular weight excluding hydrogens is 268 g/mol. The van der Waals surface area contributed by atoms with Crippen molar-refractivity contribution in [3.05, 3.63) is 23.8 Å². The second-order valence-electron chi connectivity index (χ2n) is 6.29. The molecule has 118 valence electrons. The Morgan fingerprint density at radius 1 is 1.48 bits per heavy atom. The number of allylic oxidation sites excluding steroid dienone is 4. The number of aliphatic carboxylic acids is 1. The predicted molar refractivity (Wildman–Crippen MR) is 82.1 cm³/mol. The van der Waals surface area contributed by atoms with Crippen LogP contribution in [0.1, 0.15) is 47.0 Å². The highest BCUT2D eigenvalue weighted by Gasteiger charge is 2.31. The summed E-state index contributed by atoms with van der Waals surface area (Å²) in [4.78, 5) is 20.9. The average Bonchev–Trinajstić information content (AvgIpc) is 3.22. The highest BCUT2D eigenvalue weighted by molar-refractivity contribution is 5.89. The maximum atomic E-state index is 11.3. The van der Waals surface area contributed by atoms with E-state index < -0.39 is 12.1 Å². The van der Waals surface area contributed by atoms with E-state index in [0.717, 1.165) is 0 Å². The number of ether oxygens (including phenoxy) is 1. The lowest BCUT2D eigenvalue weighted by molar-refractivity contribution is -0.138. The number of rotatable bonds is 4. The molecule has 1 heterocycles. The van der Waals surface area contributed by atoms with Gasteiger partial charge in [-0.05, 0) is 31.3 Å². The van der Waals surface area contributed by atoms with E-state index in [9.17, 15) is 9.59 Å². The summed E-state index contributed by atoms with van der Waals surface area (Å²) in [6, 6.07) is 0. The van der Waals surface area contributed by atoms with E-state index >= 15 is 0 Å². The molecule has 0 radical (unpaired) electrons. The van der Waals surface area contributed by atoms with Crippen molar-refractivity contribution in [1.29, 1.82) is 0 Å². The van der Waals surface area contributed by atoms with Crippen molar-refractivity contribution in [3.8, 4) is 0 Å². The van der Waals surface area contributed by atoms with E-state index in [1.807, 2.05) is 6.92 Å². The molecule has 2 unspecified atom stereocenters. The summed E-state index contributed by atoms with van der Waals surface area (Å²) < 4.78 is 4.37. The number of ketones is 1. The van der Waals surface area contributed by atoms with Gasteiger partial charge in [0, 0.05) is 12.3 Å². The van der Waals surface area contributed by atoms with Crippen LogP contribution in [0.15, 0.2) is 23.8 Å². The van der Waals surface area contributed by atoms with Crippen molar-refractivity contribution in [2.75, 3.05) is 6.61 Å². The fourth-order valence-electron chi connectivity index (χ4n) is 2.50. The summed E-state index contributed by atoms with van der Waals surface area (Å²) in [5.41, 5.74) is 1.70. The van der Waals surface area contributed by atoms with E-state index in [4.69, 9.17) is 5.11 Å². The lowest BCUT2D eigenvalue weighted by Crippen LogP contribution is -2.26. The third-order valence-electron chi connectivity index (χ3n) is 4.02. The minimum atomic E-state index is -0.852. The van der Waals surface area contributed by atoms with Crippen molar-refractivity contribution in [1.82, 2.24) is 0 Å². The lowest BCUT2D eigenvalue weighted by atomic mass is 9.68. The molecule has 4 heteroatoms. The van der Waals surface area contributed by atoms with Crippen molar-refractivity contribution < 1.29 is 19.4 Å². The summed E-state index contributed by atoms with van der Waals surface area (Å²) in [5.74, 6) is -0.194. The topological polar surface area (TPSA) is 66.9 Å². The zero-order chi connectivity index (χ0) is 16.0. The summed E-state index contributed by atoms with van der Waals surface area (Å²) in [6.45, 7) is 9.05. The molecule has 0 saturated carbocycles. The molecule has 4 nitrogen and oxygen atoms in total. The summed E-state index contributed by atoms with van der Waals surface area (Å²) in [5, 5.41) is 7.93. The molecule has 2 aliphatic rings. The Bertz CT molecular complexity index is 442. The van der Waals surface area contributed by atoms with Crippen LogP contribution in [0.3, 0.4) is 0 Å². The molecule has 0 aromatic heterocycles. The quantitative estimate of drug-likeness (QED) is 0.490. The van der Waals surface area contributed by atoms with Gasteiger partial charge in [-0.2, -0.15) is 0 Å². The first-order chi connectivity index (χ1) is 9.77. The standard InChI is InChI=1S/C14H22O.C3H4O3/c1-5-12(15)8-9-13-11(2)7-6-10-14(13,3)4;4-3(5)2-1-6-2/h7-9,13H,5-6,10H2,1-4H3;2H,1H2,(H,4,5)/b9-8+;. The van der Waals surface area contributed by atoms with Crippen LogP contribution >= 0.6 is 0 Å². The number of hydrogen-bond acceptors (Lipinski definition) is 3. The van der Waals surface area contributed by atoms with Gasteiger partial charge in [-0.3, -0.25) is 4.79 Å². The van der Waals surface area contributed by atoms with Gasteiger partial charge in [0.1, 0.15) is 0 Å². The molecule has 1 fully saturated rings. The third kappa shape index (κ3) is 5.84. The first-order valence-corrected chi connectivity index (χ1v) is 7.50. The molecule has 0 bridgehead atoms. The monoisotopic (exact) mass is 294 g/mol. The van der Waals surface area contributed by atoms with Gasteiger partial charge in [-0.15, -0.1) is 0 Å². The Morgan fingerprint density at radius 2 is 2.10 bits per heavy atom. The van der Waals surface area contributed by atoms with Gasteiger partial charge in [0.2, 0.25) is 0 Å². The Balaban J connectivity index is 0.000000304. The Labute approximate surface area is 126 Å². The average molecular weight is 294 g/mol. The van der Waals surface area contributed by atoms with E-state index in [0.29, 0.717) is 24.4 Å². The van der Waals surface area contributed by atoms with Gasteiger partial charge < -0.3 is 9.84 Å². The molecule has 2 rings (SSSR count). The van der Waals surface area contributed by atoms with Crippen LogP contribution in [0.2, 0.25) is 0 Å². The molecule has 1 N–H and O–H groups in total. The Hall–Kier alpha value is -1.42. The van der Waals surface area contributed by atoms with Gasteiger partial charge in [0.15, 0.2) is 11.9 Å². The van der Waals surface area contributed by atoms with E-state index in [1.54, 1.807) is 6.08 Å². The third-order valence-corrected chi connectivity index (χ3v) is 4.02. The first-order valence-electron chi connectivity index (χ1n) is 7.50. The maximum Gasteiger partial charge on any atom is 0.335 e. The van der Waals surface area contributed by atoms with Gasteiger partial charge in [-0.25, -0.2) is 4.79 Å². The molecular formula is C17H26O4. The SMILES string of the molecule is CCC(=O)/C=C/C1C(C)=CCCC1(C)C.O=C(O)C1CO1. The number of carbonyl (C=O) groups is 2. The van der Waals surface area contributed by atoms with Crippen LogP contribution in [0.4, 0.5) is 0 Å². The normalized spacial score (nSPS) is 26.6. The van der Waals surface area contributed by atoms with Crippen molar-refractivity contribution in [2.45, 2.75) is 53.1 Å². The first kappa shape index (κ1) is 17.6. The van der Waals surface area contributed by atoms with Crippen molar-refractivity contribution in [2.24, 2.45) is 11.3 Å². The second-order valence-corrected chi connectivity index (χ2v) is 6.29. The second kappa shape index (κ2) is 7.55. The molecule has 1 saturated heterocycles. The molecule has 0 aromatic rings. The predicted octanol–water partition coefficient (Wildman–Crippen LogP) is 3.37. The lowest BCUT2D eigenvalue weighted by Gasteiger charge is -2.36. The Morgan fingerprint density at radius 3 is 2.48 bits per heavy atom. The van der Waals surface area contributed by atoms with E-state index in [1.165, 1.54) is 18.4 Å².